The highest BCUT2D eigenvalue weighted by atomic mass is 35.5. The van der Waals surface area contributed by atoms with Gasteiger partial charge in [0.2, 0.25) is 11.2 Å². The smallest absolute Gasteiger partial charge is 0.243 e. The van der Waals surface area contributed by atoms with Gasteiger partial charge in [-0.1, -0.05) is 26.0 Å². The number of pyridine rings is 1. The van der Waals surface area contributed by atoms with Crippen molar-refractivity contribution >= 4 is 28.8 Å². The van der Waals surface area contributed by atoms with E-state index in [9.17, 15) is 9.18 Å². The molecular formula is C30H39ClFN7O2. The number of amides is 1. The summed E-state index contributed by atoms with van der Waals surface area (Å²) in [4.78, 5) is 25.4. The molecule has 0 unspecified atom stereocenters. The van der Waals surface area contributed by atoms with Crippen LogP contribution in [0.4, 0.5) is 10.1 Å². The van der Waals surface area contributed by atoms with E-state index < -0.39 is 0 Å². The molecule has 3 atom stereocenters. The van der Waals surface area contributed by atoms with Crippen molar-refractivity contribution in [2.24, 2.45) is 0 Å². The monoisotopic (exact) mass is 583 g/mol. The van der Waals surface area contributed by atoms with E-state index >= 15 is 0 Å². The lowest BCUT2D eigenvalue weighted by Crippen LogP contribution is -2.62. The van der Waals surface area contributed by atoms with Crippen LogP contribution in [-0.2, 0) is 21.4 Å². The quantitative estimate of drug-likeness (QED) is 0.478. The van der Waals surface area contributed by atoms with Gasteiger partial charge in [-0.25, -0.2) is 8.91 Å². The van der Waals surface area contributed by atoms with E-state index in [0.29, 0.717) is 37.2 Å². The van der Waals surface area contributed by atoms with E-state index in [1.165, 1.54) is 12.1 Å². The van der Waals surface area contributed by atoms with E-state index in [0.717, 1.165) is 61.9 Å². The minimum absolute atomic E-state index is 0.0734. The van der Waals surface area contributed by atoms with E-state index in [1.54, 1.807) is 16.6 Å². The van der Waals surface area contributed by atoms with Gasteiger partial charge in [0.15, 0.2) is 5.65 Å². The fourth-order valence-corrected chi connectivity index (χ4v) is 6.75. The molecule has 0 aliphatic carbocycles. The predicted molar refractivity (Wildman–Crippen MR) is 157 cm³/mol. The Morgan fingerprint density at radius 1 is 1.22 bits per heavy atom. The molecule has 5 heterocycles. The largest absolute Gasteiger partial charge is 0.379 e. The molecule has 1 N–H and O–H groups in total. The van der Waals surface area contributed by atoms with Crippen LogP contribution >= 0.6 is 11.6 Å². The fourth-order valence-electron chi connectivity index (χ4n) is 6.59. The van der Waals surface area contributed by atoms with E-state index in [-0.39, 0.29) is 28.5 Å². The highest BCUT2D eigenvalue weighted by Crippen LogP contribution is 2.42. The van der Waals surface area contributed by atoms with Crippen molar-refractivity contribution < 1.29 is 13.9 Å². The number of ether oxygens (including phenoxy) is 1. The number of rotatable bonds is 6. The van der Waals surface area contributed by atoms with Gasteiger partial charge in [-0.2, -0.15) is 4.98 Å². The summed E-state index contributed by atoms with van der Waals surface area (Å²) in [5, 5.41) is 8.32. The van der Waals surface area contributed by atoms with Crippen molar-refractivity contribution in [3.05, 3.63) is 58.3 Å². The van der Waals surface area contributed by atoms with Crippen molar-refractivity contribution in [1.29, 1.82) is 0 Å². The standard InChI is InChI=1S/C30H39ClFN7O2/c1-19-14-37(24(13-33-19)15-36-9-10-41-17-20(36)2)16-26(40)38-18-30(3,4)27-25(38)12-22(28-34-29(31)35-39(27)28)11-21-5-7-23(32)8-6-21/h5-8,12,19-20,24,33H,9-11,13-18H2,1-4H3/t19-,20-,24-/m1/s1. The Hall–Kier alpha value is -2.63. The molecule has 0 bridgehead atoms. The number of halogens is 2. The van der Waals surface area contributed by atoms with Crippen LogP contribution in [0.3, 0.4) is 0 Å². The second-order valence-electron chi connectivity index (χ2n) is 12.5. The van der Waals surface area contributed by atoms with Crippen LogP contribution in [0, 0.1) is 5.82 Å². The first-order chi connectivity index (χ1) is 19.6. The molecule has 6 rings (SSSR count). The van der Waals surface area contributed by atoms with Crippen molar-refractivity contribution in [2.75, 3.05) is 57.4 Å². The molecule has 0 spiro atoms. The molecule has 2 aromatic heterocycles. The summed E-state index contributed by atoms with van der Waals surface area (Å²) in [6.07, 6.45) is 0.518. The molecule has 3 aromatic rings. The van der Waals surface area contributed by atoms with Crippen molar-refractivity contribution in [2.45, 2.75) is 57.7 Å². The zero-order valence-electron chi connectivity index (χ0n) is 24.2. The first-order valence-corrected chi connectivity index (χ1v) is 14.9. The second kappa shape index (κ2) is 11.2. The van der Waals surface area contributed by atoms with Crippen molar-refractivity contribution in [3.8, 4) is 0 Å². The number of morpholine rings is 1. The van der Waals surface area contributed by atoms with Crippen molar-refractivity contribution in [1.82, 2.24) is 29.7 Å². The molecule has 9 nitrogen and oxygen atoms in total. The summed E-state index contributed by atoms with van der Waals surface area (Å²) in [5.74, 6) is -0.204. The molecule has 3 aliphatic heterocycles. The number of anilines is 1. The van der Waals surface area contributed by atoms with Gasteiger partial charge in [0.05, 0.1) is 31.1 Å². The maximum absolute atomic E-state index is 14.1. The molecule has 0 radical (unpaired) electrons. The van der Waals surface area contributed by atoms with Gasteiger partial charge < -0.3 is 15.0 Å². The van der Waals surface area contributed by atoms with Crippen LogP contribution < -0.4 is 10.2 Å². The highest BCUT2D eigenvalue weighted by molar-refractivity contribution is 6.28. The van der Waals surface area contributed by atoms with Crippen LogP contribution in [0.2, 0.25) is 5.28 Å². The van der Waals surface area contributed by atoms with Crippen LogP contribution in [0.1, 0.15) is 44.5 Å². The number of piperazine rings is 1. The molecule has 0 saturated carbocycles. The number of nitrogens with zero attached hydrogens (tertiary/aromatic N) is 6. The van der Waals surface area contributed by atoms with Crippen molar-refractivity contribution in [3.63, 3.8) is 0 Å². The highest BCUT2D eigenvalue weighted by Gasteiger charge is 2.42. The molecule has 11 heteroatoms. The predicted octanol–water partition coefficient (Wildman–Crippen LogP) is 3.12. The van der Waals surface area contributed by atoms with Crippen LogP contribution in [-0.4, -0.2) is 101 Å². The van der Waals surface area contributed by atoms with E-state index in [1.807, 2.05) is 4.90 Å². The summed E-state index contributed by atoms with van der Waals surface area (Å²) >= 11 is 6.32. The van der Waals surface area contributed by atoms with Crippen LogP contribution in [0.5, 0.6) is 0 Å². The SMILES string of the molecule is C[C@@H]1CN(CC(=O)N2CC(C)(C)c3c2cc(Cc2ccc(F)cc2)c2nc(Cl)nn32)[C@@H](CN2CCOC[C@H]2C)CN1. The topological polar surface area (TPSA) is 78.2 Å². The van der Waals surface area contributed by atoms with Crippen LogP contribution in [0.15, 0.2) is 30.3 Å². The molecular weight excluding hydrogens is 545 g/mol. The number of benzene rings is 1. The van der Waals surface area contributed by atoms with Gasteiger partial charge in [-0.3, -0.25) is 14.6 Å². The Morgan fingerprint density at radius 3 is 2.76 bits per heavy atom. The third-order valence-corrected chi connectivity index (χ3v) is 8.90. The Kier molecular flexibility index (Phi) is 7.80. The number of carbonyl (C=O) groups excluding carboxylic acids is 1. The van der Waals surface area contributed by atoms with Gasteiger partial charge in [-0.05, 0) is 49.2 Å². The van der Waals surface area contributed by atoms with Gasteiger partial charge in [0, 0.05) is 68.2 Å². The zero-order chi connectivity index (χ0) is 28.9. The van der Waals surface area contributed by atoms with Gasteiger partial charge >= 0.3 is 0 Å². The number of aromatic nitrogens is 3. The summed E-state index contributed by atoms with van der Waals surface area (Å²) in [5.41, 5.74) is 3.91. The lowest BCUT2D eigenvalue weighted by Gasteiger charge is -2.43. The Bertz CT molecular complexity index is 1430. The lowest BCUT2D eigenvalue weighted by atomic mass is 9.90. The number of carbonyl (C=O) groups is 1. The Labute approximate surface area is 245 Å². The molecule has 2 saturated heterocycles. The number of hydrogen-bond acceptors (Lipinski definition) is 7. The second-order valence-corrected chi connectivity index (χ2v) is 12.8. The first kappa shape index (κ1) is 28.5. The zero-order valence-corrected chi connectivity index (χ0v) is 25.0. The average Bonchev–Trinajstić information content (AvgIpc) is 3.44. The summed E-state index contributed by atoms with van der Waals surface area (Å²) in [6, 6.07) is 9.41. The van der Waals surface area contributed by atoms with Crippen LogP contribution in [0.25, 0.3) is 5.65 Å². The maximum Gasteiger partial charge on any atom is 0.243 e. The molecule has 41 heavy (non-hydrogen) atoms. The van der Waals surface area contributed by atoms with Gasteiger partial charge in [0.1, 0.15) is 5.82 Å². The third kappa shape index (κ3) is 5.72. The minimum Gasteiger partial charge on any atom is -0.379 e. The molecule has 1 amide bonds. The number of hydrogen-bond donors (Lipinski definition) is 1. The average molecular weight is 584 g/mol. The lowest BCUT2D eigenvalue weighted by molar-refractivity contribution is -0.121. The molecule has 2 fully saturated rings. The van der Waals surface area contributed by atoms with E-state index in [2.05, 4.69) is 59.0 Å². The summed E-state index contributed by atoms with van der Waals surface area (Å²) in [7, 11) is 0. The minimum atomic E-state index is -0.353. The first-order valence-electron chi connectivity index (χ1n) is 14.5. The van der Waals surface area contributed by atoms with E-state index in [4.69, 9.17) is 16.3 Å². The molecule has 1 aromatic carbocycles. The summed E-state index contributed by atoms with van der Waals surface area (Å²) in [6.45, 7) is 14.5. The Morgan fingerprint density at radius 2 is 2.00 bits per heavy atom. The fraction of sp³-hybridized carbons (Fsp3) is 0.567. The molecule has 3 aliphatic rings. The maximum atomic E-state index is 14.1. The number of fused-ring (bicyclic) bond motifs is 3. The molecule has 220 valence electrons. The van der Waals surface area contributed by atoms with Gasteiger partial charge in [0.25, 0.3) is 0 Å². The van der Waals surface area contributed by atoms with Gasteiger partial charge in [-0.15, -0.1) is 5.10 Å². The normalized spacial score (nSPS) is 25.1. The summed E-state index contributed by atoms with van der Waals surface area (Å²) < 4.78 is 21.0. The third-order valence-electron chi connectivity index (χ3n) is 8.74. The number of nitrogens with one attached hydrogen (secondary N) is 1. The Balaban J connectivity index is 1.30.